The Hall–Kier alpha value is 0.0200. The molecule has 0 aromatic heterocycles. The summed E-state index contributed by atoms with van der Waals surface area (Å²) < 4.78 is 0. The molecule has 2 heteroatoms. The molecule has 1 heterocycles. The Balaban J connectivity index is 2.57. The van der Waals surface area contributed by atoms with Crippen LogP contribution in [0.3, 0.4) is 0 Å². The van der Waals surface area contributed by atoms with Crippen LogP contribution < -0.4 is 0 Å². The number of hydrogen-bond donors (Lipinski definition) is 0. The van der Waals surface area contributed by atoms with Gasteiger partial charge in [0, 0.05) is 11.7 Å². The van der Waals surface area contributed by atoms with E-state index >= 15 is 0 Å². The van der Waals surface area contributed by atoms with Crippen LogP contribution in [0.5, 0.6) is 0 Å². The fourth-order valence-corrected chi connectivity index (χ4v) is 1.99. The molecule has 1 rings (SSSR count). The predicted molar refractivity (Wildman–Crippen MR) is 36.1 cm³/mol. The monoisotopic (exact) mass is 130 g/mol. The number of Topliss-reactive ketones (excluding diaryl/α,β-unsaturated/α-hetero) is 1. The van der Waals surface area contributed by atoms with Crippen LogP contribution in [0.4, 0.5) is 0 Å². The van der Waals surface area contributed by atoms with Crippen LogP contribution in [0, 0.1) is 5.92 Å². The third-order valence-electron chi connectivity index (χ3n) is 1.48. The lowest BCUT2D eigenvalue weighted by Gasteiger charge is -1.95. The van der Waals surface area contributed by atoms with E-state index in [1.54, 1.807) is 11.8 Å². The maximum Gasteiger partial charge on any atom is 0.149 e. The first-order valence-corrected chi connectivity index (χ1v) is 3.92. The molecule has 0 radical (unpaired) electrons. The van der Waals surface area contributed by atoms with E-state index in [-0.39, 0.29) is 5.25 Å². The van der Waals surface area contributed by atoms with Crippen molar-refractivity contribution in [1.82, 2.24) is 0 Å². The molecule has 0 aliphatic carbocycles. The minimum Gasteiger partial charge on any atom is -0.298 e. The van der Waals surface area contributed by atoms with E-state index in [0.29, 0.717) is 11.7 Å². The Morgan fingerprint density at radius 2 is 2.25 bits per heavy atom. The van der Waals surface area contributed by atoms with Gasteiger partial charge in [-0.3, -0.25) is 4.79 Å². The highest BCUT2D eigenvalue weighted by atomic mass is 32.2. The van der Waals surface area contributed by atoms with Crippen molar-refractivity contribution in [3.63, 3.8) is 0 Å². The Morgan fingerprint density at radius 1 is 1.62 bits per heavy atom. The first kappa shape index (κ1) is 6.14. The van der Waals surface area contributed by atoms with E-state index in [2.05, 4.69) is 0 Å². The zero-order valence-electron chi connectivity index (χ0n) is 5.18. The SMILES string of the molecule is C[C@@H]1CS[C@@H](C)C1=O. The molecule has 0 amide bonds. The van der Waals surface area contributed by atoms with Crippen molar-refractivity contribution in [2.45, 2.75) is 19.1 Å². The third kappa shape index (κ3) is 0.895. The summed E-state index contributed by atoms with van der Waals surface area (Å²) >= 11 is 1.76. The molecular formula is C6H10OS. The molecule has 0 N–H and O–H groups in total. The predicted octanol–water partition coefficient (Wildman–Crippen LogP) is 1.33. The van der Waals surface area contributed by atoms with E-state index in [4.69, 9.17) is 0 Å². The highest BCUT2D eigenvalue weighted by Crippen LogP contribution is 2.26. The van der Waals surface area contributed by atoms with Gasteiger partial charge in [-0.2, -0.15) is 11.8 Å². The fourth-order valence-electron chi connectivity index (χ4n) is 0.854. The van der Waals surface area contributed by atoms with Crippen molar-refractivity contribution in [2.75, 3.05) is 5.75 Å². The highest BCUT2D eigenvalue weighted by molar-refractivity contribution is 8.01. The number of rotatable bonds is 0. The van der Waals surface area contributed by atoms with Crippen molar-refractivity contribution in [1.29, 1.82) is 0 Å². The number of hydrogen-bond acceptors (Lipinski definition) is 2. The molecule has 0 saturated carbocycles. The van der Waals surface area contributed by atoms with E-state index < -0.39 is 0 Å². The fraction of sp³-hybridized carbons (Fsp3) is 0.833. The topological polar surface area (TPSA) is 17.1 Å². The van der Waals surface area contributed by atoms with E-state index in [1.807, 2.05) is 13.8 Å². The van der Waals surface area contributed by atoms with Crippen LogP contribution >= 0.6 is 11.8 Å². The number of carbonyl (C=O) groups is 1. The molecule has 1 saturated heterocycles. The zero-order chi connectivity index (χ0) is 6.15. The molecule has 46 valence electrons. The molecule has 2 atom stereocenters. The second-order valence-electron chi connectivity index (χ2n) is 2.28. The molecule has 8 heavy (non-hydrogen) atoms. The smallest absolute Gasteiger partial charge is 0.149 e. The second-order valence-corrected chi connectivity index (χ2v) is 3.65. The van der Waals surface area contributed by atoms with Gasteiger partial charge in [-0.15, -0.1) is 0 Å². The van der Waals surface area contributed by atoms with Gasteiger partial charge in [0.25, 0.3) is 0 Å². The van der Waals surface area contributed by atoms with Crippen molar-refractivity contribution in [3.05, 3.63) is 0 Å². The van der Waals surface area contributed by atoms with Crippen LogP contribution in [0.1, 0.15) is 13.8 Å². The minimum absolute atomic E-state index is 0.269. The summed E-state index contributed by atoms with van der Waals surface area (Å²) in [6.07, 6.45) is 0. The molecule has 0 spiro atoms. The van der Waals surface area contributed by atoms with E-state index in [9.17, 15) is 4.79 Å². The molecule has 0 unspecified atom stereocenters. The molecule has 0 bridgehead atoms. The molecule has 0 aromatic carbocycles. The largest absolute Gasteiger partial charge is 0.298 e. The summed E-state index contributed by atoms with van der Waals surface area (Å²) in [4.78, 5) is 10.9. The Labute approximate surface area is 53.8 Å². The van der Waals surface area contributed by atoms with Crippen LogP contribution in [0.15, 0.2) is 0 Å². The average molecular weight is 130 g/mol. The quantitative estimate of drug-likeness (QED) is 0.492. The molecule has 1 fully saturated rings. The number of ketones is 1. The van der Waals surface area contributed by atoms with Crippen molar-refractivity contribution < 1.29 is 4.79 Å². The van der Waals surface area contributed by atoms with Crippen LogP contribution in [-0.2, 0) is 4.79 Å². The van der Waals surface area contributed by atoms with Gasteiger partial charge in [0.15, 0.2) is 0 Å². The number of thioether (sulfide) groups is 1. The maximum atomic E-state index is 10.9. The Kier molecular flexibility index (Phi) is 1.61. The summed E-state index contributed by atoms with van der Waals surface area (Å²) in [5.41, 5.74) is 0. The maximum absolute atomic E-state index is 10.9. The van der Waals surface area contributed by atoms with Gasteiger partial charge in [-0.1, -0.05) is 6.92 Å². The van der Waals surface area contributed by atoms with Gasteiger partial charge < -0.3 is 0 Å². The third-order valence-corrected chi connectivity index (χ3v) is 2.91. The Bertz CT molecular complexity index is 99.1. The summed E-state index contributed by atoms with van der Waals surface area (Å²) in [5.74, 6) is 1.77. The summed E-state index contributed by atoms with van der Waals surface area (Å²) in [6.45, 7) is 3.98. The van der Waals surface area contributed by atoms with Crippen molar-refractivity contribution in [3.8, 4) is 0 Å². The molecule has 1 aliphatic heterocycles. The van der Waals surface area contributed by atoms with Gasteiger partial charge in [0.05, 0.1) is 5.25 Å². The minimum atomic E-state index is 0.269. The Morgan fingerprint density at radius 3 is 2.38 bits per heavy atom. The van der Waals surface area contributed by atoms with Crippen LogP contribution in [0.25, 0.3) is 0 Å². The lowest BCUT2D eigenvalue weighted by Crippen LogP contribution is -2.12. The number of carbonyl (C=O) groups excluding carboxylic acids is 1. The lowest BCUT2D eigenvalue weighted by atomic mass is 10.1. The highest BCUT2D eigenvalue weighted by Gasteiger charge is 2.27. The van der Waals surface area contributed by atoms with Crippen molar-refractivity contribution in [2.24, 2.45) is 5.92 Å². The second kappa shape index (κ2) is 2.09. The van der Waals surface area contributed by atoms with Crippen LogP contribution in [0.2, 0.25) is 0 Å². The van der Waals surface area contributed by atoms with Gasteiger partial charge in [-0.25, -0.2) is 0 Å². The van der Waals surface area contributed by atoms with Crippen LogP contribution in [-0.4, -0.2) is 16.8 Å². The summed E-state index contributed by atoms with van der Waals surface area (Å²) in [6, 6.07) is 0. The van der Waals surface area contributed by atoms with Gasteiger partial charge >= 0.3 is 0 Å². The van der Waals surface area contributed by atoms with E-state index in [0.717, 1.165) is 5.75 Å². The molecular weight excluding hydrogens is 120 g/mol. The summed E-state index contributed by atoms with van der Waals surface area (Å²) in [5, 5.41) is 0.269. The van der Waals surface area contributed by atoms with E-state index in [1.165, 1.54) is 0 Å². The first-order valence-electron chi connectivity index (χ1n) is 2.87. The van der Waals surface area contributed by atoms with Gasteiger partial charge in [0.1, 0.15) is 5.78 Å². The lowest BCUT2D eigenvalue weighted by molar-refractivity contribution is -0.120. The average Bonchev–Trinajstić information content (AvgIpc) is 1.98. The molecule has 1 aliphatic rings. The standard InChI is InChI=1S/C6H10OS/c1-4-3-8-5(2)6(4)7/h4-5H,3H2,1-2H3/t4-,5+/m1/s1. The normalized spacial score (nSPS) is 38.5. The van der Waals surface area contributed by atoms with Gasteiger partial charge in [-0.05, 0) is 6.92 Å². The zero-order valence-corrected chi connectivity index (χ0v) is 5.99. The summed E-state index contributed by atoms with van der Waals surface area (Å²) in [7, 11) is 0. The van der Waals surface area contributed by atoms with Gasteiger partial charge in [0.2, 0.25) is 0 Å². The van der Waals surface area contributed by atoms with Crippen molar-refractivity contribution >= 4 is 17.5 Å². The molecule has 0 aromatic rings. The first-order chi connectivity index (χ1) is 3.72. The molecule has 1 nitrogen and oxygen atoms in total.